The molecule has 5 rings (SSSR count). The molecular formula is C25H30N6O3. The summed E-state index contributed by atoms with van der Waals surface area (Å²) in [5.74, 6) is 0.800. The molecule has 4 heterocycles. The van der Waals surface area contributed by atoms with Crippen LogP contribution in [0.3, 0.4) is 0 Å². The number of hydrogen-bond acceptors (Lipinski definition) is 8. The zero-order valence-electron chi connectivity index (χ0n) is 19.7. The van der Waals surface area contributed by atoms with Crippen LogP contribution in [0.25, 0.3) is 11.0 Å². The summed E-state index contributed by atoms with van der Waals surface area (Å²) >= 11 is 0. The molecule has 1 aliphatic heterocycles. The molecule has 0 spiro atoms. The summed E-state index contributed by atoms with van der Waals surface area (Å²) in [6.45, 7) is 5.69. The predicted molar refractivity (Wildman–Crippen MR) is 130 cm³/mol. The summed E-state index contributed by atoms with van der Waals surface area (Å²) < 4.78 is 1.72. The van der Waals surface area contributed by atoms with Gasteiger partial charge in [-0.05, 0) is 43.9 Å². The van der Waals surface area contributed by atoms with Gasteiger partial charge in [-0.2, -0.15) is 4.98 Å². The monoisotopic (exact) mass is 462 g/mol. The number of rotatable bonds is 6. The van der Waals surface area contributed by atoms with E-state index in [0.717, 1.165) is 61.8 Å². The van der Waals surface area contributed by atoms with E-state index in [9.17, 15) is 14.7 Å². The fourth-order valence-corrected chi connectivity index (χ4v) is 5.30. The summed E-state index contributed by atoms with van der Waals surface area (Å²) in [6, 6.07) is 4.00. The molecule has 34 heavy (non-hydrogen) atoms. The third-order valence-electron chi connectivity index (χ3n) is 7.03. The number of anilines is 2. The Morgan fingerprint density at radius 1 is 1.24 bits per heavy atom. The Morgan fingerprint density at radius 3 is 2.76 bits per heavy atom. The molecule has 2 aliphatic rings. The molecule has 0 bridgehead atoms. The fourth-order valence-electron chi connectivity index (χ4n) is 5.30. The van der Waals surface area contributed by atoms with Crippen molar-refractivity contribution in [2.45, 2.75) is 58.5 Å². The quantitative estimate of drug-likeness (QED) is 0.538. The van der Waals surface area contributed by atoms with E-state index in [1.54, 1.807) is 17.7 Å². The van der Waals surface area contributed by atoms with E-state index in [1.807, 2.05) is 12.1 Å². The highest BCUT2D eigenvalue weighted by atomic mass is 16.3. The molecule has 9 nitrogen and oxygen atoms in total. The lowest BCUT2D eigenvalue weighted by atomic mass is 10.0. The summed E-state index contributed by atoms with van der Waals surface area (Å²) in [5, 5.41) is 13.1. The van der Waals surface area contributed by atoms with Crippen LogP contribution < -0.4 is 10.9 Å². The lowest BCUT2D eigenvalue weighted by molar-refractivity contribution is 0.101. The number of aliphatic hydroxyl groups excluding tert-OH is 1. The van der Waals surface area contributed by atoms with Crippen molar-refractivity contribution in [3.8, 4) is 0 Å². The molecule has 3 aromatic rings. The topological polar surface area (TPSA) is 113 Å². The van der Waals surface area contributed by atoms with Gasteiger partial charge in [0.25, 0.3) is 5.56 Å². The number of aliphatic hydroxyl groups is 1. The number of nitrogens with zero attached hydrogens (tertiary/aromatic N) is 5. The molecular weight excluding hydrogens is 432 g/mol. The molecule has 0 atom stereocenters. The first-order valence-electron chi connectivity index (χ1n) is 12.0. The predicted octanol–water partition coefficient (Wildman–Crippen LogP) is 2.91. The van der Waals surface area contributed by atoms with Gasteiger partial charge in [0, 0.05) is 49.4 Å². The van der Waals surface area contributed by atoms with E-state index in [1.165, 1.54) is 6.92 Å². The first-order chi connectivity index (χ1) is 16.5. The van der Waals surface area contributed by atoms with Crippen molar-refractivity contribution in [3.05, 3.63) is 51.1 Å². The molecule has 178 valence electrons. The number of carbonyl (C=O) groups excluding carboxylic acids is 1. The van der Waals surface area contributed by atoms with Crippen LogP contribution in [0, 0.1) is 6.92 Å². The standard InChI is InChI=1S/C25H30N6O3/c1-15-19-13-26-25(28-21-8-7-17-14-30(11-12-32)10-9-20(17)27-21)29-23(19)31(18-5-3-4-6-18)24(34)22(15)16(2)33/h7-8,13,18,32H,3-6,9-12,14H2,1-2H3,(H,26,27,28,29). The number of Topliss-reactive ketones (excluding diaryl/α,β-unsaturated/α-hetero) is 1. The van der Waals surface area contributed by atoms with E-state index in [-0.39, 0.29) is 29.6 Å². The Labute approximate surface area is 197 Å². The minimum absolute atomic E-state index is 0.0418. The minimum atomic E-state index is -0.256. The van der Waals surface area contributed by atoms with Gasteiger partial charge in [-0.15, -0.1) is 0 Å². The van der Waals surface area contributed by atoms with Crippen molar-refractivity contribution >= 4 is 28.6 Å². The van der Waals surface area contributed by atoms with Gasteiger partial charge in [0.2, 0.25) is 5.95 Å². The van der Waals surface area contributed by atoms with Crippen molar-refractivity contribution in [2.24, 2.45) is 0 Å². The summed E-state index contributed by atoms with van der Waals surface area (Å²) in [4.78, 5) is 41.9. The number of aryl methyl sites for hydroxylation is 1. The van der Waals surface area contributed by atoms with Gasteiger partial charge in [-0.1, -0.05) is 18.9 Å². The zero-order valence-corrected chi connectivity index (χ0v) is 19.7. The number of nitrogens with one attached hydrogen (secondary N) is 1. The highest BCUT2D eigenvalue weighted by molar-refractivity contribution is 5.99. The normalized spacial score (nSPS) is 16.7. The number of aromatic nitrogens is 4. The second kappa shape index (κ2) is 9.23. The van der Waals surface area contributed by atoms with E-state index >= 15 is 0 Å². The Bertz CT molecular complexity index is 1310. The Morgan fingerprint density at radius 2 is 2.03 bits per heavy atom. The van der Waals surface area contributed by atoms with Crippen molar-refractivity contribution in [3.63, 3.8) is 0 Å². The van der Waals surface area contributed by atoms with E-state index in [2.05, 4.69) is 15.2 Å². The van der Waals surface area contributed by atoms with Crippen LogP contribution in [0.15, 0.2) is 23.1 Å². The summed E-state index contributed by atoms with van der Waals surface area (Å²) in [5.41, 5.74) is 3.36. The molecule has 1 saturated carbocycles. The molecule has 9 heteroatoms. The van der Waals surface area contributed by atoms with Gasteiger partial charge in [-0.25, -0.2) is 9.97 Å². The Kier molecular flexibility index (Phi) is 6.14. The molecule has 1 fully saturated rings. The van der Waals surface area contributed by atoms with Crippen molar-refractivity contribution in [2.75, 3.05) is 25.0 Å². The molecule has 2 N–H and O–H groups in total. The molecule has 3 aromatic heterocycles. The number of β-amino-alcohol motifs (C(OH)–C–C–N with tert-alkyl or cyclic N) is 1. The third-order valence-corrected chi connectivity index (χ3v) is 7.03. The number of carbonyl (C=O) groups is 1. The maximum atomic E-state index is 13.4. The molecule has 0 radical (unpaired) electrons. The molecule has 0 aromatic carbocycles. The SMILES string of the molecule is CC(=O)c1c(C)c2cnc(Nc3ccc4c(n3)CCN(CCO)C4)nc2n(C2CCCC2)c1=O. The van der Waals surface area contributed by atoms with Crippen molar-refractivity contribution in [1.82, 2.24) is 24.4 Å². The summed E-state index contributed by atoms with van der Waals surface area (Å²) in [6.07, 6.45) is 6.45. The minimum Gasteiger partial charge on any atom is -0.395 e. The van der Waals surface area contributed by atoms with Crippen LogP contribution in [-0.4, -0.2) is 55.0 Å². The first kappa shape index (κ1) is 22.6. The van der Waals surface area contributed by atoms with Crippen LogP contribution >= 0.6 is 0 Å². The lowest BCUT2D eigenvalue weighted by Gasteiger charge is -2.27. The molecule has 1 aliphatic carbocycles. The second-order valence-corrected chi connectivity index (χ2v) is 9.28. The smallest absolute Gasteiger partial charge is 0.263 e. The van der Waals surface area contributed by atoms with Crippen LogP contribution in [-0.2, 0) is 13.0 Å². The van der Waals surface area contributed by atoms with Gasteiger partial charge in [-0.3, -0.25) is 19.1 Å². The van der Waals surface area contributed by atoms with E-state index in [4.69, 9.17) is 9.97 Å². The largest absolute Gasteiger partial charge is 0.395 e. The van der Waals surface area contributed by atoms with Gasteiger partial charge >= 0.3 is 0 Å². The van der Waals surface area contributed by atoms with Gasteiger partial charge in [0.1, 0.15) is 11.5 Å². The Hall–Kier alpha value is -3.17. The van der Waals surface area contributed by atoms with E-state index in [0.29, 0.717) is 29.5 Å². The van der Waals surface area contributed by atoms with Crippen LogP contribution in [0.4, 0.5) is 11.8 Å². The zero-order chi connectivity index (χ0) is 23.8. The average Bonchev–Trinajstić information content (AvgIpc) is 3.33. The number of pyridine rings is 2. The van der Waals surface area contributed by atoms with Gasteiger partial charge in [0.05, 0.1) is 12.2 Å². The first-order valence-corrected chi connectivity index (χ1v) is 12.0. The summed E-state index contributed by atoms with van der Waals surface area (Å²) in [7, 11) is 0. The maximum Gasteiger partial charge on any atom is 0.263 e. The molecule has 0 unspecified atom stereocenters. The highest BCUT2D eigenvalue weighted by Crippen LogP contribution is 2.32. The second-order valence-electron chi connectivity index (χ2n) is 9.28. The van der Waals surface area contributed by atoms with Gasteiger partial charge < -0.3 is 10.4 Å². The lowest BCUT2D eigenvalue weighted by Crippen LogP contribution is -2.33. The highest BCUT2D eigenvalue weighted by Gasteiger charge is 2.26. The van der Waals surface area contributed by atoms with Crippen molar-refractivity contribution in [1.29, 1.82) is 0 Å². The number of ketones is 1. The number of hydrogen-bond donors (Lipinski definition) is 2. The molecule has 0 saturated heterocycles. The van der Waals surface area contributed by atoms with Gasteiger partial charge in [0.15, 0.2) is 5.78 Å². The van der Waals surface area contributed by atoms with Crippen LogP contribution in [0.5, 0.6) is 0 Å². The number of fused-ring (bicyclic) bond motifs is 2. The third kappa shape index (κ3) is 4.10. The van der Waals surface area contributed by atoms with Crippen molar-refractivity contribution < 1.29 is 9.90 Å². The van der Waals surface area contributed by atoms with Crippen LogP contribution in [0.2, 0.25) is 0 Å². The average molecular weight is 463 g/mol. The molecule has 0 amide bonds. The fraction of sp³-hybridized carbons (Fsp3) is 0.480. The Balaban J connectivity index is 1.52. The van der Waals surface area contributed by atoms with E-state index < -0.39 is 0 Å². The maximum absolute atomic E-state index is 13.4. The van der Waals surface area contributed by atoms with Crippen LogP contribution in [0.1, 0.15) is 65.8 Å².